The molecule has 0 bridgehead atoms. The average Bonchev–Trinajstić information content (AvgIpc) is 2.41. The molecule has 0 aliphatic heterocycles. The molecule has 0 saturated heterocycles. The lowest BCUT2D eigenvalue weighted by molar-refractivity contribution is 0.895. The van der Waals surface area contributed by atoms with Gasteiger partial charge in [-0.3, -0.25) is 4.79 Å². The minimum Gasteiger partial charge on any atom is -0.310 e. The fraction of sp³-hybridized carbons (Fsp3) is 0.286. The molecule has 2 aromatic rings. The van der Waals surface area contributed by atoms with Crippen molar-refractivity contribution in [2.45, 2.75) is 30.9 Å². The number of hydrogen-bond donors (Lipinski definition) is 1. The molecule has 0 saturated carbocycles. The molecule has 100 valence electrons. The second kappa shape index (κ2) is 6.26. The summed E-state index contributed by atoms with van der Waals surface area (Å²) in [4.78, 5) is 20.2. The van der Waals surface area contributed by atoms with E-state index in [9.17, 15) is 4.79 Å². The molecule has 3 nitrogen and oxygen atoms in total. The Labute approximate surface area is 121 Å². The van der Waals surface area contributed by atoms with Gasteiger partial charge in [-0.2, -0.15) is 0 Å². The van der Waals surface area contributed by atoms with Crippen LogP contribution < -0.4 is 5.56 Å². The number of aromatic nitrogens is 2. The number of hydrogen-bond acceptors (Lipinski definition) is 3. The fourth-order valence-corrected chi connectivity index (χ4v) is 2.62. The van der Waals surface area contributed by atoms with Crippen LogP contribution in [0.2, 0.25) is 5.02 Å². The van der Waals surface area contributed by atoms with Gasteiger partial charge in [0.05, 0.1) is 11.4 Å². The van der Waals surface area contributed by atoms with Gasteiger partial charge in [-0.1, -0.05) is 18.5 Å². The highest BCUT2D eigenvalue weighted by atomic mass is 35.5. The molecule has 0 amide bonds. The Morgan fingerprint density at radius 3 is 2.63 bits per heavy atom. The normalized spacial score (nSPS) is 10.7. The van der Waals surface area contributed by atoms with Gasteiger partial charge in [-0.25, -0.2) is 4.98 Å². The number of H-pyrrole nitrogens is 1. The third-order valence-electron chi connectivity index (χ3n) is 2.83. The van der Waals surface area contributed by atoms with Crippen LogP contribution in [0.15, 0.2) is 34.0 Å². The maximum atomic E-state index is 11.8. The summed E-state index contributed by atoms with van der Waals surface area (Å²) in [6.45, 7) is 3.81. The Hall–Kier alpha value is -1.26. The Morgan fingerprint density at radius 2 is 2.00 bits per heavy atom. The van der Waals surface area contributed by atoms with E-state index < -0.39 is 0 Å². The van der Waals surface area contributed by atoms with Crippen molar-refractivity contribution >= 4 is 23.4 Å². The van der Waals surface area contributed by atoms with Gasteiger partial charge in [0.1, 0.15) is 5.82 Å². The molecule has 1 aromatic carbocycles. The maximum Gasteiger partial charge on any atom is 0.254 e. The molecule has 1 heterocycles. The summed E-state index contributed by atoms with van der Waals surface area (Å²) in [5, 5.41) is 0.722. The molecule has 1 N–H and O–H groups in total. The molecule has 0 aliphatic carbocycles. The van der Waals surface area contributed by atoms with E-state index in [0.717, 1.165) is 22.0 Å². The first-order valence-corrected chi connectivity index (χ1v) is 7.43. The van der Waals surface area contributed by atoms with E-state index in [-0.39, 0.29) is 5.56 Å². The molecule has 2 rings (SSSR count). The van der Waals surface area contributed by atoms with Crippen LogP contribution in [0.5, 0.6) is 0 Å². The molecule has 19 heavy (non-hydrogen) atoms. The monoisotopic (exact) mass is 294 g/mol. The summed E-state index contributed by atoms with van der Waals surface area (Å²) < 4.78 is 0. The van der Waals surface area contributed by atoms with Crippen LogP contribution in [0.1, 0.15) is 24.0 Å². The summed E-state index contributed by atoms with van der Waals surface area (Å²) in [6, 6.07) is 7.62. The lowest BCUT2D eigenvalue weighted by Crippen LogP contribution is -2.17. The number of aryl methyl sites for hydroxylation is 1. The smallest absolute Gasteiger partial charge is 0.254 e. The van der Waals surface area contributed by atoms with E-state index in [4.69, 9.17) is 11.6 Å². The minimum atomic E-state index is -0.0430. The molecule has 0 aliphatic rings. The third-order valence-corrected chi connectivity index (χ3v) is 4.10. The van der Waals surface area contributed by atoms with Crippen LogP contribution in [0.25, 0.3) is 0 Å². The minimum absolute atomic E-state index is 0.0430. The van der Waals surface area contributed by atoms with Crippen LogP contribution in [0.3, 0.4) is 0 Å². The van der Waals surface area contributed by atoms with Crippen molar-refractivity contribution in [2.24, 2.45) is 0 Å². The standard InChI is InChI=1S/C14H15ClN2OS/c1-3-12-9(2)14(18)17-13(16-12)8-19-11-6-4-10(15)5-7-11/h4-7H,3,8H2,1-2H3,(H,16,17,18). The first-order valence-electron chi connectivity index (χ1n) is 6.07. The summed E-state index contributed by atoms with van der Waals surface area (Å²) >= 11 is 7.46. The van der Waals surface area contributed by atoms with Gasteiger partial charge in [0.25, 0.3) is 5.56 Å². The van der Waals surface area contributed by atoms with Gasteiger partial charge in [0.2, 0.25) is 0 Å². The van der Waals surface area contributed by atoms with Crippen molar-refractivity contribution in [1.82, 2.24) is 9.97 Å². The lowest BCUT2D eigenvalue weighted by Gasteiger charge is -2.06. The van der Waals surface area contributed by atoms with Gasteiger partial charge >= 0.3 is 0 Å². The number of nitrogens with one attached hydrogen (secondary N) is 1. The molecular formula is C14H15ClN2OS. The van der Waals surface area contributed by atoms with E-state index in [2.05, 4.69) is 9.97 Å². The zero-order chi connectivity index (χ0) is 13.8. The van der Waals surface area contributed by atoms with E-state index in [1.807, 2.05) is 31.2 Å². The second-order valence-corrected chi connectivity index (χ2v) is 5.67. The number of aromatic amines is 1. The quantitative estimate of drug-likeness (QED) is 0.877. The summed E-state index contributed by atoms with van der Waals surface area (Å²) in [5.74, 6) is 1.36. The van der Waals surface area contributed by atoms with Crippen molar-refractivity contribution in [3.8, 4) is 0 Å². The third kappa shape index (κ3) is 3.61. The van der Waals surface area contributed by atoms with Gasteiger partial charge in [0, 0.05) is 15.5 Å². The zero-order valence-corrected chi connectivity index (χ0v) is 12.4. The molecule has 0 atom stereocenters. The lowest BCUT2D eigenvalue weighted by atomic mass is 10.2. The fourth-order valence-electron chi connectivity index (χ4n) is 1.73. The number of thioether (sulfide) groups is 1. The highest BCUT2D eigenvalue weighted by Gasteiger charge is 2.06. The number of halogens is 1. The van der Waals surface area contributed by atoms with E-state index >= 15 is 0 Å². The molecule has 5 heteroatoms. The highest BCUT2D eigenvalue weighted by Crippen LogP contribution is 2.22. The number of rotatable bonds is 4. The molecular weight excluding hydrogens is 280 g/mol. The first-order chi connectivity index (χ1) is 9.10. The van der Waals surface area contributed by atoms with Crippen molar-refractivity contribution < 1.29 is 0 Å². The topological polar surface area (TPSA) is 45.8 Å². The molecule has 0 fully saturated rings. The summed E-state index contributed by atoms with van der Waals surface area (Å²) in [5.41, 5.74) is 1.54. The molecule has 0 spiro atoms. The predicted molar refractivity (Wildman–Crippen MR) is 80.0 cm³/mol. The highest BCUT2D eigenvalue weighted by molar-refractivity contribution is 7.98. The largest absolute Gasteiger partial charge is 0.310 e. The van der Waals surface area contributed by atoms with Crippen molar-refractivity contribution in [1.29, 1.82) is 0 Å². The SMILES string of the molecule is CCc1nc(CSc2ccc(Cl)cc2)[nH]c(=O)c1C. The van der Waals surface area contributed by atoms with E-state index in [0.29, 0.717) is 17.1 Å². The summed E-state index contributed by atoms with van der Waals surface area (Å²) in [6.07, 6.45) is 0.772. The zero-order valence-electron chi connectivity index (χ0n) is 10.9. The van der Waals surface area contributed by atoms with Crippen molar-refractivity contribution in [2.75, 3.05) is 0 Å². The Balaban J connectivity index is 2.13. The van der Waals surface area contributed by atoms with Gasteiger partial charge < -0.3 is 4.98 Å². The van der Waals surface area contributed by atoms with Crippen LogP contribution >= 0.6 is 23.4 Å². The van der Waals surface area contributed by atoms with Gasteiger partial charge in [-0.05, 0) is 37.6 Å². The first kappa shape index (κ1) is 14.2. The Morgan fingerprint density at radius 1 is 1.32 bits per heavy atom. The number of nitrogens with zero attached hydrogens (tertiary/aromatic N) is 1. The predicted octanol–water partition coefficient (Wildman–Crippen LogP) is 3.59. The van der Waals surface area contributed by atoms with Crippen LogP contribution in [0.4, 0.5) is 0 Å². The molecule has 1 aromatic heterocycles. The van der Waals surface area contributed by atoms with E-state index in [1.54, 1.807) is 18.7 Å². The van der Waals surface area contributed by atoms with Gasteiger partial charge in [0.15, 0.2) is 0 Å². The second-order valence-electron chi connectivity index (χ2n) is 4.18. The molecule has 0 unspecified atom stereocenters. The Kier molecular flexibility index (Phi) is 4.66. The van der Waals surface area contributed by atoms with Crippen molar-refractivity contribution in [3.05, 3.63) is 56.7 Å². The van der Waals surface area contributed by atoms with E-state index in [1.165, 1.54) is 0 Å². The maximum absolute atomic E-state index is 11.8. The number of benzene rings is 1. The van der Waals surface area contributed by atoms with Crippen LogP contribution in [-0.4, -0.2) is 9.97 Å². The van der Waals surface area contributed by atoms with Crippen LogP contribution in [0, 0.1) is 6.92 Å². The summed E-state index contributed by atoms with van der Waals surface area (Å²) in [7, 11) is 0. The average molecular weight is 295 g/mol. The van der Waals surface area contributed by atoms with Crippen molar-refractivity contribution in [3.63, 3.8) is 0 Å². The Bertz CT molecular complexity index is 622. The van der Waals surface area contributed by atoms with Crippen LogP contribution in [-0.2, 0) is 12.2 Å². The molecule has 0 radical (unpaired) electrons. The van der Waals surface area contributed by atoms with Gasteiger partial charge in [-0.15, -0.1) is 11.8 Å².